The lowest BCUT2D eigenvalue weighted by atomic mass is 10.1. The lowest BCUT2D eigenvalue weighted by Gasteiger charge is -2.34. The third-order valence-electron chi connectivity index (χ3n) is 6.65. The molecule has 0 aliphatic heterocycles. The van der Waals surface area contributed by atoms with Gasteiger partial charge >= 0.3 is 0 Å². The van der Waals surface area contributed by atoms with E-state index < -0.39 is 28.5 Å². The second kappa shape index (κ2) is 13.5. The summed E-state index contributed by atoms with van der Waals surface area (Å²) in [6.07, 6.45) is 0.361. The number of methoxy groups -OCH3 is 1. The van der Waals surface area contributed by atoms with Crippen LogP contribution in [0.5, 0.6) is 5.75 Å². The number of carbonyl (C=O) groups is 2. The highest BCUT2D eigenvalue weighted by Gasteiger charge is 2.34. The topological polar surface area (TPSA) is 96.0 Å². The molecule has 0 saturated carbocycles. The van der Waals surface area contributed by atoms with Gasteiger partial charge in [-0.1, -0.05) is 55.0 Å². The van der Waals surface area contributed by atoms with Gasteiger partial charge < -0.3 is 15.0 Å². The summed E-state index contributed by atoms with van der Waals surface area (Å²) >= 11 is 0. The van der Waals surface area contributed by atoms with E-state index in [9.17, 15) is 18.0 Å². The maximum atomic E-state index is 14.1. The smallest absolute Gasteiger partial charge is 0.264 e. The zero-order chi connectivity index (χ0) is 29.4. The molecule has 1 N–H and O–H groups in total. The molecule has 0 saturated heterocycles. The van der Waals surface area contributed by atoms with Crippen LogP contribution < -0.4 is 14.4 Å². The van der Waals surface area contributed by atoms with Crippen LogP contribution >= 0.6 is 0 Å². The third kappa shape index (κ3) is 7.41. The van der Waals surface area contributed by atoms with Crippen LogP contribution in [0.25, 0.3) is 0 Å². The summed E-state index contributed by atoms with van der Waals surface area (Å²) in [5, 5.41) is 2.91. The van der Waals surface area contributed by atoms with E-state index in [0.717, 1.165) is 21.0 Å². The minimum absolute atomic E-state index is 0.0590. The molecular formula is C31H39N3O5S. The SMILES string of the molecule is CC[C@H](C(=O)NC(C)C)N(Cc1ccccc1C)C(=O)CN(c1cccc(OC)c1)S(=O)(=O)c1ccc(C)cc1. The molecule has 2 amide bonds. The fourth-order valence-corrected chi connectivity index (χ4v) is 5.81. The van der Waals surface area contributed by atoms with Gasteiger partial charge in [-0.15, -0.1) is 0 Å². The maximum Gasteiger partial charge on any atom is 0.264 e. The molecule has 40 heavy (non-hydrogen) atoms. The van der Waals surface area contributed by atoms with Crippen molar-refractivity contribution in [3.63, 3.8) is 0 Å². The summed E-state index contributed by atoms with van der Waals surface area (Å²) in [5.74, 6) is -0.324. The second-order valence-electron chi connectivity index (χ2n) is 10.1. The van der Waals surface area contributed by atoms with Crippen molar-refractivity contribution in [3.05, 3.63) is 89.5 Å². The van der Waals surface area contributed by atoms with Crippen LogP contribution in [0.15, 0.2) is 77.7 Å². The Hall–Kier alpha value is -3.85. The van der Waals surface area contributed by atoms with Gasteiger partial charge in [-0.25, -0.2) is 8.42 Å². The number of sulfonamides is 1. The Balaban J connectivity index is 2.09. The summed E-state index contributed by atoms with van der Waals surface area (Å²) in [6, 6.07) is 19.8. The normalized spacial score (nSPS) is 12.1. The van der Waals surface area contributed by atoms with Crippen molar-refractivity contribution < 1.29 is 22.7 Å². The van der Waals surface area contributed by atoms with Gasteiger partial charge in [0, 0.05) is 18.7 Å². The summed E-state index contributed by atoms with van der Waals surface area (Å²) in [5.41, 5.74) is 3.04. The summed E-state index contributed by atoms with van der Waals surface area (Å²) in [6.45, 7) is 9.03. The first kappa shape index (κ1) is 30.7. The van der Waals surface area contributed by atoms with Crippen molar-refractivity contribution in [1.82, 2.24) is 10.2 Å². The van der Waals surface area contributed by atoms with E-state index in [1.54, 1.807) is 36.4 Å². The van der Waals surface area contributed by atoms with Crippen molar-refractivity contribution in [2.75, 3.05) is 18.0 Å². The number of nitrogens with zero attached hydrogens (tertiary/aromatic N) is 2. The lowest BCUT2D eigenvalue weighted by molar-refractivity contribution is -0.140. The van der Waals surface area contributed by atoms with E-state index in [1.165, 1.54) is 24.1 Å². The van der Waals surface area contributed by atoms with E-state index in [-0.39, 0.29) is 29.1 Å². The average Bonchev–Trinajstić information content (AvgIpc) is 2.92. The molecule has 0 spiro atoms. The summed E-state index contributed by atoms with van der Waals surface area (Å²) in [7, 11) is -2.66. The number of nitrogens with one attached hydrogen (secondary N) is 1. The standard InChI is InChI=1S/C31H39N3O5S/c1-7-29(31(36)32-22(2)3)33(20-25-12-9-8-11-24(25)5)30(35)21-34(26-13-10-14-27(19-26)39-6)40(37,38)28-17-15-23(4)16-18-28/h8-19,22,29H,7,20-21H2,1-6H3,(H,32,36)/t29-/m1/s1. The van der Waals surface area contributed by atoms with Crippen LogP contribution in [0.4, 0.5) is 5.69 Å². The molecule has 3 aromatic rings. The van der Waals surface area contributed by atoms with Gasteiger partial charge in [0.1, 0.15) is 18.3 Å². The molecule has 0 aliphatic rings. The second-order valence-corrected chi connectivity index (χ2v) is 11.9. The van der Waals surface area contributed by atoms with Gasteiger partial charge in [0.05, 0.1) is 17.7 Å². The number of ether oxygens (including phenoxy) is 1. The van der Waals surface area contributed by atoms with E-state index in [2.05, 4.69) is 5.32 Å². The first-order valence-corrected chi connectivity index (χ1v) is 14.8. The molecule has 3 aromatic carbocycles. The highest BCUT2D eigenvalue weighted by molar-refractivity contribution is 7.92. The molecule has 0 aromatic heterocycles. The van der Waals surface area contributed by atoms with Crippen molar-refractivity contribution in [1.29, 1.82) is 0 Å². The molecule has 0 fully saturated rings. The number of aryl methyl sites for hydroxylation is 2. The molecule has 0 aliphatic carbocycles. The summed E-state index contributed by atoms with van der Waals surface area (Å²) < 4.78 is 34.4. The highest BCUT2D eigenvalue weighted by Crippen LogP contribution is 2.28. The highest BCUT2D eigenvalue weighted by atomic mass is 32.2. The molecule has 0 heterocycles. The predicted molar refractivity (Wildman–Crippen MR) is 158 cm³/mol. The van der Waals surface area contributed by atoms with Gasteiger partial charge in [0.25, 0.3) is 10.0 Å². The molecule has 0 bridgehead atoms. The van der Waals surface area contributed by atoms with E-state index in [4.69, 9.17) is 4.74 Å². The molecule has 9 heteroatoms. The van der Waals surface area contributed by atoms with Crippen LogP contribution in [-0.2, 0) is 26.2 Å². The van der Waals surface area contributed by atoms with Gasteiger partial charge in [-0.3, -0.25) is 13.9 Å². The van der Waals surface area contributed by atoms with Crippen LogP contribution in [0.1, 0.15) is 43.9 Å². The molecule has 0 radical (unpaired) electrons. The Morgan fingerprint density at radius 1 is 0.950 bits per heavy atom. The van der Waals surface area contributed by atoms with Gasteiger partial charge in [-0.05, 0) is 69.5 Å². The molecule has 3 rings (SSSR count). The van der Waals surface area contributed by atoms with Crippen molar-refractivity contribution in [2.24, 2.45) is 0 Å². The molecule has 214 valence electrons. The van der Waals surface area contributed by atoms with Crippen molar-refractivity contribution in [3.8, 4) is 5.75 Å². The van der Waals surface area contributed by atoms with E-state index >= 15 is 0 Å². The van der Waals surface area contributed by atoms with E-state index in [1.807, 2.05) is 58.9 Å². The molecule has 0 unspecified atom stereocenters. The molecule has 1 atom stereocenters. The minimum atomic E-state index is -4.15. The number of anilines is 1. The van der Waals surface area contributed by atoms with Crippen molar-refractivity contribution in [2.45, 2.75) is 64.6 Å². The largest absolute Gasteiger partial charge is 0.497 e. The fraction of sp³-hybridized carbons (Fsp3) is 0.355. The first-order valence-electron chi connectivity index (χ1n) is 13.4. The van der Waals surface area contributed by atoms with Gasteiger partial charge in [-0.2, -0.15) is 0 Å². The van der Waals surface area contributed by atoms with Crippen LogP contribution in [0.2, 0.25) is 0 Å². The maximum absolute atomic E-state index is 14.1. The fourth-order valence-electron chi connectivity index (χ4n) is 4.40. The predicted octanol–water partition coefficient (Wildman–Crippen LogP) is 4.84. The van der Waals surface area contributed by atoms with Gasteiger partial charge in [0.2, 0.25) is 11.8 Å². The Morgan fingerprint density at radius 2 is 1.62 bits per heavy atom. The van der Waals surface area contributed by atoms with Crippen molar-refractivity contribution >= 4 is 27.5 Å². The average molecular weight is 566 g/mol. The zero-order valence-electron chi connectivity index (χ0n) is 24.0. The summed E-state index contributed by atoms with van der Waals surface area (Å²) in [4.78, 5) is 28.9. The molecular weight excluding hydrogens is 526 g/mol. The van der Waals surface area contributed by atoms with Crippen LogP contribution in [0.3, 0.4) is 0 Å². The zero-order valence-corrected chi connectivity index (χ0v) is 24.9. The number of amides is 2. The first-order chi connectivity index (χ1) is 19.0. The Morgan fingerprint density at radius 3 is 2.23 bits per heavy atom. The molecule has 8 nitrogen and oxygen atoms in total. The van der Waals surface area contributed by atoms with Crippen LogP contribution in [-0.4, -0.2) is 50.9 Å². The number of rotatable bonds is 12. The lowest BCUT2D eigenvalue weighted by Crippen LogP contribution is -2.53. The number of benzene rings is 3. The number of hydrogen-bond donors (Lipinski definition) is 1. The number of hydrogen-bond acceptors (Lipinski definition) is 5. The van der Waals surface area contributed by atoms with Gasteiger partial charge in [0.15, 0.2) is 0 Å². The monoisotopic (exact) mass is 565 g/mol. The van der Waals surface area contributed by atoms with Crippen LogP contribution in [0, 0.1) is 13.8 Å². The minimum Gasteiger partial charge on any atom is -0.497 e. The Bertz CT molecular complexity index is 1420. The number of carbonyl (C=O) groups excluding carboxylic acids is 2. The third-order valence-corrected chi connectivity index (χ3v) is 8.44. The van der Waals surface area contributed by atoms with E-state index in [0.29, 0.717) is 12.2 Å². The Labute approximate surface area is 238 Å². The Kier molecular flexibility index (Phi) is 10.3. The quantitative estimate of drug-likeness (QED) is 0.339.